The van der Waals surface area contributed by atoms with Gasteiger partial charge >= 0.3 is 0 Å². The van der Waals surface area contributed by atoms with Crippen molar-refractivity contribution in [2.75, 3.05) is 23.1 Å². The Morgan fingerprint density at radius 3 is 2.31 bits per heavy atom. The summed E-state index contributed by atoms with van der Waals surface area (Å²) in [6, 6.07) is 14.9. The van der Waals surface area contributed by atoms with E-state index in [9.17, 15) is 13.2 Å². The molecule has 8 heteroatoms. The molecule has 1 heterocycles. The molecule has 2 aromatic carbocycles. The predicted molar refractivity (Wildman–Crippen MR) is 105 cm³/mol. The van der Waals surface area contributed by atoms with Gasteiger partial charge in [0.15, 0.2) is 0 Å². The van der Waals surface area contributed by atoms with Crippen molar-refractivity contribution in [1.29, 1.82) is 0 Å². The van der Waals surface area contributed by atoms with Crippen LogP contribution in [0, 0.1) is 5.92 Å². The molecule has 140 valence electrons. The summed E-state index contributed by atoms with van der Waals surface area (Å²) in [7, 11) is -3.71. The molecule has 0 radical (unpaired) electrons. The number of anilines is 2. The highest BCUT2D eigenvalue weighted by Gasteiger charge is 2.22. The Balaban J connectivity index is 0.00000243. The number of carbonyl (C=O) groups excluding carboxylic acids is 1. The molecule has 1 amide bonds. The lowest BCUT2D eigenvalue weighted by Gasteiger charge is -2.22. The fourth-order valence-electron chi connectivity index (χ4n) is 2.79. The Labute approximate surface area is 159 Å². The second kappa shape index (κ2) is 9.02. The number of piperidine rings is 1. The summed E-state index contributed by atoms with van der Waals surface area (Å²) < 4.78 is 27.6. The van der Waals surface area contributed by atoms with E-state index in [4.69, 9.17) is 0 Å². The standard InChI is InChI=1S/C18H21N3O3S.ClH/c22-18(14-7-6-12-19-13-14)20-16-10-4-5-11-17(16)21-25(23,24)15-8-2-1-3-9-15;/h1-5,8-11,14,19,21H,6-7,12-13H2,(H,20,22);1H. The summed E-state index contributed by atoms with van der Waals surface area (Å²) in [4.78, 5) is 12.6. The van der Waals surface area contributed by atoms with Gasteiger partial charge in [0.05, 0.1) is 22.2 Å². The molecular formula is C18H22ClN3O3S. The third kappa shape index (κ3) is 4.97. The molecular weight excluding hydrogens is 374 g/mol. The Morgan fingerprint density at radius 1 is 1.00 bits per heavy atom. The van der Waals surface area contributed by atoms with Crippen molar-refractivity contribution in [3.05, 3.63) is 54.6 Å². The number of amides is 1. The number of hydrogen-bond acceptors (Lipinski definition) is 4. The van der Waals surface area contributed by atoms with Crippen molar-refractivity contribution in [1.82, 2.24) is 5.32 Å². The van der Waals surface area contributed by atoms with Gasteiger partial charge in [0, 0.05) is 6.54 Å². The largest absolute Gasteiger partial charge is 0.324 e. The van der Waals surface area contributed by atoms with Gasteiger partial charge in [-0.05, 0) is 43.7 Å². The number of para-hydroxylation sites is 2. The van der Waals surface area contributed by atoms with Crippen LogP contribution in [-0.4, -0.2) is 27.4 Å². The highest BCUT2D eigenvalue weighted by atomic mass is 35.5. The summed E-state index contributed by atoms with van der Waals surface area (Å²) in [5.74, 6) is -0.203. The normalized spacial score (nSPS) is 17.0. The van der Waals surface area contributed by atoms with Crippen molar-refractivity contribution in [2.24, 2.45) is 5.92 Å². The molecule has 0 aromatic heterocycles. The van der Waals surface area contributed by atoms with Crippen LogP contribution in [0.1, 0.15) is 12.8 Å². The molecule has 0 saturated carbocycles. The first-order valence-corrected chi connectivity index (χ1v) is 9.73. The smallest absolute Gasteiger partial charge is 0.261 e. The molecule has 1 aliphatic heterocycles. The van der Waals surface area contributed by atoms with E-state index in [1.807, 2.05) is 0 Å². The van der Waals surface area contributed by atoms with Crippen LogP contribution in [0.25, 0.3) is 0 Å². The van der Waals surface area contributed by atoms with Crippen LogP contribution in [0.2, 0.25) is 0 Å². The first-order valence-electron chi connectivity index (χ1n) is 8.25. The Bertz CT molecular complexity index is 838. The zero-order valence-corrected chi connectivity index (χ0v) is 15.8. The number of sulfonamides is 1. The van der Waals surface area contributed by atoms with E-state index in [0.29, 0.717) is 17.9 Å². The third-order valence-corrected chi connectivity index (χ3v) is 5.53. The Kier molecular flexibility index (Phi) is 7.02. The van der Waals surface area contributed by atoms with Gasteiger partial charge in [0.25, 0.3) is 10.0 Å². The molecule has 6 nitrogen and oxygen atoms in total. The zero-order valence-electron chi connectivity index (χ0n) is 14.1. The number of benzene rings is 2. The maximum absolute atomic E-state index is 12.5. The molecule has 1 unspecified atom stereocenters. The number of halogens is 1. The summed E-state index contributed by atoms with van der Waals surface area (Å²) in [6.07, 6.45) is 1.79. The fraction of sp³-hybridized carbons (Fsp3) is 0.278. The molecule has 1 saturated heterocycles. The van der Waals surface area contributed by atoms with Gasteiger partial charge in [-0.25, -0.2) is 8.42 Å². The van der Waals surface area contributed by atoms with Gasteiger partial charge < -0.3 is 10.6 Å². The van der Waals surface area contributed by atoms with Crippen LogP contribution in [0.3, 0.4) is 0 Å². The molecule has 3 N–H and O–H groups in total. The number of hydrogen-bond donors (Lipinski definition) is 3. The van der Waals surface area contributed by atoms with Crippen LogP contribution in [0.15, 0.2) is 59.5 Å². The van der Waals surface area contributed by atoms with Gasteiger partial charge in [-0.3, -0.25) is 9.52 Å². The summed E-state index contributed by atoms with van der Waals surface area (Å²) in [5, 5.41) is 6.05. The maximum Gasteiger partial charge on any atom is 0.261 e. The second-order valence-corrected chi connectivity index (χ2v) is 7.68. The molecule has 1 fully saturated rings. The van der Waals surface area contributed by atoms with Crippen LogP contribution >= 0.6 is 12.4 Å². The van der Waals surface area contributed by atoms with Crippen molar-refractivity contribution in [3.8, 4) is 0 Å². The van der Waals surface area contributed by atoms with Crippen LogP contribution in [-0.2, 0) is 14.8 Å². The highest BCUT2D eigenvalue weighted by molar-refractivity contribution is 7.92. The Morgan fingerprint density at radius 2 is 1.65 bits per heavy atom. The molecule has 1 atom stereocenters. The van der Waals surface area contributed by atoms with E-state index < -0.39 is 10.0 Å². The van der Waals surface area contributed by atoms with Crippen molar-refractivity contribution < 1.29 is 13.2 Å². The maximum atomic E-state index is 12.5. The highest BCUT2D eigenvalue weighted by Crippen LogP contribution is 2.25. The molecule has 0 spiro atoms. The minimum absolute atomic E-state index is 0. The number of rotatable bonds is 5. The van der Waals surface area contributed by atoms with E-state index >= 15 is 0 Å². The van der Waals surface area contributed by atoms with Crippen LogP contribution in [0.4, 0.5) is 11.4 Å². The molecule has 26 heavy (non-hydrogen) atoms. The minimum atomic E-state index is -3.71. The molecule has 0 bridgehead atoms. The van der Waals surface area contributed by atoms with Crippen molar-refractivity contribution in [3.63, 3.8) is 0 Å². The van der Waals surface area contributed by atoms with Crippen LogP contribution < -0.4 is 15.4 Å². The van der Waals surface area contributed by atoms with E-state index in [1.54, 1.807) is 42.5 Å². The first-order chi connectivity index (χ1) is 12.1. The van der Waals surface area contributed by atoms with Crippen LogP contribution in [0.5, 0.6) is 0 Å². The van der Waals surface area contributed by atoms with E-state index in [1.165, 1.54) is 12.1 Å². The molecule has 0 aliphatic carbocycles. The van der Waals surface area contributed by atoms with E-state index in [0.717, 1.165) is 19.4 Å². The average Bonchev–Trinajstić information content (AvgIpc) is 2.64. The number of nitrogens with one attached hydrogen (secondary N) is 3. The van der Waals surface area contributed by atoms with Gasteiger partial charge in [0.2, 0.25) is 5.91 Å². The third-order valence-electron chi connectivity index (χ3n) is 4.15. The van der Waals surface area contributed by atoms with Gasteiger partial charge in [0.1, 0.15) is 0 Å². The van der Waals surface area contributed by atoms with Gasteiger partial charge in [-0.2, -0.15) is 0 Å². The zero-order chi connectivity index (χ0) is 17.7. The summed E-state index contributed by atoms with van der Waals surface area (Å²) >= 11 is 0. The molecule has 1 aliphatic rings. The predicted octanol–water partition coefficient (Wildman–Crippen LogP) is 2.85. The monoisotopic (exact) mass is 395 g/mol. The summed E-state index contributed by atoms with van der Waals surface area (Å²) in [6.45, 7) is 1.57. The topological polar surface area (TPSA) is 87.3 Å². The van der Waals surface area contributed by atoms with Gasteiger partial charge in [-0.1, -0.05) is 30.3 Å². The average molecular weight is 396 g/mol. The Hall–Kier alpha value is -2.09. The molecule has 3 rings (SSSR count). The second-order valence-electron chi connectivity index (χ2n) is 6.00. The van der Waals surface area contributed by atoms with Crippen molar-refractivity contribution in [2.45, 2.75) is 17.7 Å². The molecule has 2 aromatic rings. The SMILES string of the molecule is Cl.O=C(Nc1ccccc1NS(=O)(=O)c1ccccc1)C1CCCNC1. The number of carbonyl (C=O) groups is 1. The lowest BCUT2D eigenvalue weighted by molar-refractivity contribution is -0.120. The minimum Gasteiger partial charge on any atom is -0.324 e. The fourth-order valence-corrected chi connectivity index (χ4v) is 3.90. The lowest BCUT2D eigenvalue weighted by atomic mass is 9.99. The van der Waals surface area contributed by atoms with E-state index in [-0.39, 0.29) is 29.1 Å². The van der Waals surface area contributed by atoms with Gasteiger partial charge in [-0.15, -0.1) is 12.4 Å². The summed E-state index contributed by atoms with van der Waals surface area (Å²) in [5.41, 5.74) is 0.807. The van der Waals surface area contributed by atoms with Crippen molar-refractivity contribution >= 4 is 39.7 Å². The van der Waals surface area contributed by atoms with E-state index in [2.05, 4.69) is 15.4 Å². The quantitative estimate of drug-likeness (QED) is 0.726. The first kappa shape index (κ1) is 20.2. The lowest BCUT2D eigenvalue weighted by Crippen LogP contribution is -2.37.